The van der Waals surface area contributed by atoms with Crippen LogP contribution in [0.15, 0.2) is 42.5 Å². The summed E-state index contributed by atoms with van der Waals surface area (Å²) in [5.41, 5.74) is 0.772. The molecule has 36 heavy (non-hydrogen) atoms. The van der Waals surface area contributed by atoms with E-state index in [1.54, 1.807) is 38.3 Å². The van der Waals surface area contributed by atoms with E-state index in [4.69, 9.17) is 16.3 Å². The number of methoxy groups -OCH3 is 1. The van der Waals surface area contributed by atoms with E-state index < -0.39 is 34.3 Å². The average molecular weight is 542 g/mol. The van der Waals surface area contributed by atoms with E-state index in [2.05, 4.69) is 5.32 Å². The quantitative estimate of drug-likeness (QED) is 0.438. The van der Waals surface area contributed by atoms with Gasteiger partial charge >= 0.3 is 0 Å². The summed E-state index contributed by atoms with van der Waals surface area (Å²) in [6, 6.07) is 9.49. The molecular formula is C25H33ClFN3O5S. The molecular weight excluding hydrogens is 509 g/mol. The number of nitrogens with one attached hydrogen (secondary N) is 1. The number of halogens is 2. The fourth-order valence-electron chi connectivity index (χ4n) is 3.54. The van der Waals surface area contributed by atoms with Gasteiger partial charge in [-0.25, -0.2) is 12.8 Å². The molecule has 0 spiro atoms. The van der Waals surface area contributed by atoms with Gasteiger partial charge in [0.05, 0.1) is 24.1 Å². The minimum absolute atomic E-state index is 0.0405. The number of hydrogen-bond donors (Lipinski definition) is 1. The third-order valence-electron chi connectivity index (χ3n) is 5.77. The summed E-state index contributed by atoms with van der Waals surface area (Å²) in [6.07, 6.45) is 1.96. The molecule has 0 radical (unpaired) electrons. The van der Waals surface area contributed by atoms with Crippen LogP contribution in [0.5, 0.6) is 5.75 Å². The molecule has 0 aliphatic heterocycles. The highest BCUT2D eigenvalue weighted by atomic mass is 35.5. The molecule has 0 saturated heterocycles. The van der Waals surface area contributed by atoms with Crippen LogP contribution in [0, 0.1) is 5.82 Å². The smallest absolute Gasteiger partial charge is 0.244 e. The number of anilines is 1. The maximum Gasteiger partial charge on any atom is 0.244 e. The van der Waals surface area contributed by atoms with E-state index in [1.165, 1.54) is 11.0 Å². The molecule has 0 aliphatic carbocycles. The maximum absolute atomic E-state index is 13.7. The second kappa shape index (κ2) is 12.9. The summed E-state index contributed by atoms with van der Waals surface area (Å²) in [5, 5.41) is 2.63. The van der Waals surface area contributed by atoms with Gasteiger partial charge in [-0.1, -0.05) is 37.6 Å². The summed E-state index contributed by atoms with van der Waals surface area (Å²) in [4.78, 5) is 28.1. The molecule has 2 aromatic rings. The molecule has 0 aromatic heterocycles. The van der Waals surface area contributed by atoms with Gasteiger partial charge in [-0.3, -0.25) is 13.9 Å². The van der Waals surface area contributed by atoms with Crippen LogP contribution in [-0.2, 0) is 26.2 Å². The number of sulfonamides is 1. The summed E-state index contributed by atoms with van der Waals surface area (Å²) in [7, 11) is -2.41. The first-order valence-corrected chi connectivity index (χ1v) is 13.8. The third-order valence-corrected chi connectivity index (χ3v) is 7.20. The minimum atomic E-state index is -3.95. The molecule has 0 unspecified atom stereocenters. The van der Waals surface area contributed by atoms with Crippen molar-refractivity contribution in [3.05, 3.63) is 58.9 Å². The molecule has 1 N–H and O–H groups in total. The van der Waals surface area contributed by atoms with Crippen LogP contribution in [0.2, 0.25) is 5.02 Å². The third kappa shape index (κ3) is 7.83. The molecule has 0 bridgehead atoms. The van der Waals surface area contributed by atoms with E-state index >= 15 is 0 Å². The topological polar surface area (TPSA) is 96.0 Å². The van der Waals surface area contributed by atoms with Gasteiger partial charge in [0.15, 0.2) is 0 Å². The van der Waals surface area contributed by atoms with Gasteiger partial charge in [-0.05, 0) is 55.7 Å². The number of hydrogen-bond acceptors (Lipinski definition) is 5. The molecule has 198 valence electrons. The fourth-order valence-corrected chi connectivity index (χ4v) is 4.56. The zero-order valence-corrected chi connectivity index (χ0v) is 22.7. The van der Waals surface area contributed by atoms with Gasteiger partial charge in [0.1, 0.15) is 24.2 Å². The Morgan fingerprint density at radius 2 is 1.75 bits per heavy atom. The molecule has 0 heterocycles. The monoisotopic (exact) mass is 541 g/mol. The molecule has 2 rings (SSSR count). The number of benzene rings is 2. The summed E-state index contributed by atoms with van der Waals surface area (Å²) in [6.45, 7) is 5.05. The Balaban J connectivity index is 2.45. The van der Waals surface area contributed by atoms with Crippen LogP contribution in [0.1, 0.15) is 39.2 Å². The van der Waals surface area contributed by atoms with Crippen LogP contribution in [0.3, 0.4) is 0 Å². The molecule has 0 fully saturated rings. The SMILES string of the molecule is CC[C@@H](C)NC(=O)[C@H](CC)N(Cc1ccc(OC)cc1)C(=O)CN(c1ccc(F)c(Cl)c1)S(C)(=O)=O. The number of amides is 2. The predicted molar refractivity (Wildman–Crippen MR) is 139 cm³/mol. The lowest BCUT2D eigenvalue weighted by atomic mass is 10.1. The zero-order chi connectivity index (χ0) is 27.0. The van der Waals surface area contributed by atoms with Crippen molar-refractivity contribution in [2.75, 3.05) is 24.2 Å². The van der Waals surface area contributed by atoms with Crippen molar-refractivity contribution < 1.29 is 27.1 Å². The number of nitrogens with zero attached hydrogens (tertiary/aromatic N) is 2. The maximum atomic E-state index is 13.7. The number of ether oxygens (including phenoxy) is 1. The Kier molecular flexibility index (Phi) is 10.5. The van der Waals surface area contributed by atoms with Crippen molar-refractivity contribution in [2.24, 2.45) is 0 Å². The molecule has 11 heteroatoms. The number of rotatable bonds is 12. The Labute approximate surface area is 217 Å². The highest BCUT2D eigenvalue weighted by molar-refractivity contribution is 7.92. The summed E-state index contributed by atoms with van der Waals surface area (Å²) < 4.78 is 44.9. The van der Waals surface area contributed by atoms with Gasteiger partial charge in [0.2, 0.25) is 21.8 Å². The largest absolute Gasteiger partial charge is 0.497 e. The van der Waals surface area contributed by atoms with Crippen LogP contribution < -0.4 is 14.4 Å². The van der Waals surface area contributed by atoms with Crippen molar-refractivity contribution in [2.45, 2.75) is 52.2 Å². The zero-order valence-electron chi connectivity index (χ0n) is 21.1. The first-order valence-electron chi connectivity index (χ1n) is 11.6. The van der Waals surface area contributed by atoms with E-state index in [0.717, 1.165) is 28.3 Å². The summed E-state index contributed by atoms with van der Waals surface area (Å²) >= 11 is 5.86. The van der Waals surface area contributed by atoms with Gasteiger partial charge < -0.3 is 15.0 Å². The summed E-state index contributed by atoms with van der Waals surface area (Å²) in [5.74, 6) is -1.00. The molecule has 2 atom stereocenters. The van der Waals surface area contributed by atoms with E-state index in [9.17, 15) is 22.4 Å². The van der Waals surface area contributed by atoms with Crippen molar-refractivity contribution in [3.63, 3.8) is 0 Å². The molecule has 0 aliphatic rings. The highest BCUT2D eigenvalue weighted by Crippen LogP contribution is 2.25. The lowest BCUT2D eigenvalue weighted by Crippen LogP contribution is -2.53. The number of carbonyl (C=O) groups is 2. The van der Waals surface area contributed by atoms with E-state index in [1.807, 2.05) is 13.8 Å². The van der Waals surface area contributed by atoms with Gasteiger partial charge in [0.25, 0.3) is 0 Å². The van der Waals surface area contributed by atoms with Crippen LogP contribution in [-0.4, -0.2) is 57.1 Å². The van der Waals surface area contributed by atoms with Crippen LogP contribution >= 0.6 is 11.6 Å². The van der Waals surface area contributed by atoms with Gasteiger partial charge in [0, 0.05) is 12.6 Å². The molecule has 0 saturated carbocycles. The Bertz CT molecular complexity index is 1160. The standard InChI is InChI=1S/C25H33ClFN3O5S/c1-6-17(3)28-25(32)23(7-2)29(15-18-8-11-20(35-4)12-9-18)24(31)16-30(36(5,33)34)19-10-13-22(27)21(26)14-19/h8-14,17,23H,6-7,15-16H2,1-5H3,(H,28,32)/t17-,23+/m1/s1. The van der Waals surface area contributed by atoms with Crippen LogP contribution in [0.25, 0.3) is 0 Å². The van der Waals surface area contributed by atoms with Crippen molar-refractivity contribution in [3.8, 4) is 5.75 Å². The normalized spacial score (nSPS) is 13.0. The van der Waals surface area contributed by atoms with Crippen molar-refractivity contribution in [1.29, 1.82) is 0 Å². The Morgan fingerprint density at radius 1 is 1.11 bits per heavy atom. The van der Waals surface area contributed by atoms with Crippen molar-refractivity contribution in [1.82, 2.24) is 10.2 Å². The Morgan fingerprint density at radius 3 is 2.25 bits per heavy atom. The lowest BCUT2D eigenvalue weighted by molar-refractivity contribution is -0.140. The second-order valence-corrected chi connectivity index (χ2v) is 10.8. The lowest BCUT2D eigenvalue weighted by Gasteiger charge is -2.33. The first-order chi connectivity index (χ1) is 16.9. The average Bonchev–Trinajstić information content (AvgIpc) is 2.83. The van der Waals surface area contributed by atoms with Gasteiger partial charge in [-0.2, -0.15) is 0 Å². The van der Waals surface area contributed by atoms with E-state index in [0.29, 0.717) is 18.6 Å². The fraction of sp³-hybridized carbons (Fsp3) is 0.440. The predicted octanol–water partition coefficient (Wildman–Crippen LogP) is 3.98. The van der Waals surface area contributed by atoms with E-state index in [-0.39, 0.29) is 29.2 Å². The Hall–Kier alpha value is -2.85. The molecule has 2 amide bonds. The highest BCUT2D eigenvalue weighted by Gasteiger charge is 2.32. The molecule has 8 nitrogen and oxygen atoms in total. The first kappa shape index (κ1) is 29.4. The second-order valence-electron chi connectivity index (χ2n) is 8.48. The number of carbonyl (C=O) groups excluding carboxylic acids is 2. The van der Waals surface area contributed by atoms with Crippen molar-refractivity contribution >= 4 is 39.1 Å². The van der Waals surface area contributed by atoms with Gasteiger partial charge in [-0.15, -0.1) is 0 Å². The van der Waals surface area contributed by atoms with Crippen LogP contribution in [0.4, 0.5) is 10.1 Å². The minimum Gasteiger partial charge on any atom is -0.497 e. The molecule has 2 aromatic carbocycles.